The maximum Gasteiger partial charge on any atom is 0.298 e. The maximum atomic E-state index is 13.2. The van der Waals surface area contributed by atoms with Gasteiger partial charge in [0.15, 0.2) is 11.4 Å². The van der Waals surface area contributed by atoms with E-state index in [1.807, 2.05) is 4.90 Å². The molecule has 1 aliphatic rings. The van der Waals surface area contributed by atoms with Gasteiger partial charge in [0, 0.05) is 19.2 Å². The first kappa shape index (κ1) is 12.3. The lowest BCUT2D eigenvalue weighted by molar-refractivity contribution is 0.356. The van der Waals surface area contributed by atoms with Gasteiger partial charge in [-0.1, -0.05) is 5.16 Å². The molecule has 0 aliphatic carbocycles. The van der Waals surface area contributed by atoms with E-state index in [0.717, 1.165) is 13.0 Å². The first-order valence-electron chi connectivity index (χ1n) is 6.80. The smallest absolute Gasteiger partial charge is 0.298 e. The van der Waals surface area contributed by atoms with Gasteiger partial charge in [-0.05, 0) is 25.5 Å². The summed E-state index contributed by atoms with van der Waals surface area (Å²) in [5.74, 6) is 1.15. The minimum atomic E-state index is -0.317. The van der Waals surface area contributed by atoms with Crippen LogP contribution in [0.5, 0.6) is 0 Å². The maximum absolute atomic E-state index is 13.2. The van der Waals surface area contributed by atoms with Crippen LogP contribution in [0.2, 0.25) is 0 Å². The summed E-state index contributed by atoms with van der Waals surface area (Å²) in [4.78, 5) is 10.6. The minimum absolute atomic E-state index is 0.179. The number of hydrogen-bond donors (Lipinski definition) is 0. The van der Waals surface area contributed by atoms with E-state index in [2.05, 4.69) is 15.1 Å². The van der Waals surface area contributed by atoms with E-state index < -0.39 is 0 Å². The second kappa shape index (κ2) is 4.54. The summed E-state index contributed by atoms with van der Waals surface area (Å²) in [5.41, 5.74) is 1.12. The number of oxazole rings is 1. The van der Waals surface area contributed by atoms with Crippen molar-refractivity contribution in [1.82, 2.24) is 15.1 Å². The third-order valence-electron chi connectivity index (χ3n) is 3.69. The summed E-state index contributed by atoms with van der Waals surface area (Å²) in [5, 5.41) is 3.82. The van der Waals surface area contributed by atoms with Crippen molar-refractivity contribution >= 4 is 17.1 Å². The first-order valence-corrected chi connectivity index (χ1v) is 6.80. The van der Waals surface area contributed by atoms with Crippen LogP contribution in [0.15, 0.2) is 27.1 Å². The van der Waals surface area contributed by atoms with Gasteiger partial charge in [-0.25, -0.2) is 4.39 Å². The van der Waals surface area contributed by atoms with Crippen molar-refractivity contribution in [3.05, 3.63) is 35.7 Å². The molecule has 0 spiro atoms. The highest BCUT2D eigenvalue weighted by molar-refractivity contribution is 5.74. The van der Waals surface area contributed by atoms with Crippen molar-refractivity contribution < 1.29 is 13.3 Å². The Morgan fingerprint density at radius 2 is 2.24 bits per heavy atom. The van der Waals surface area contributed by atoms with Crippen molar-refractivity contribution in [3.63, 3.8) is 0 Å². The first-order chi connectivity index (χ1) is 10.2. The number of nitrogens with zero attached hydrogens (tertiary/aromatic N) is 4. The molecule has 4 rings (SSSR count). The molecule has 6 nitrogen and oxygen atoms in total. The van der Waals surface area contributed by atoms with E-state index in [0.29, 0.717) is 35.4 Å². The van der Waals surface area contributed by atoms with Crippen molar-refractivity contribution in [2.24, 2.45) is 0 Å². The molecular weight excluding hydrogens is 275 g/mol. The lowest BCUT2D eigenvalue weighted by Gasteiger charge is -2.11. The van der Waals surface area contributed by atoms with Crippen molar-refractivity contribution in [3.8, 4) is 0 Å². The van der Waals surface area contributed by atoms with Gasteiger partial charge >= 0.3 is 0 Å². The van der Waals surface area contributed by atoms with Crippen LogP contribution in [-0.4, -0.2) is 28.2 Å². The van der Waals surface area contributed by atoms with Crippen LogP contribution in [0.3, 0.4) is 0 Å². The zero-order chi connectivity index (χ0) is 14.4. The zero-order valence-electron chi connectivity index (χ0n) is 11.4. The van der Waals surface area contributed by atoms with Crippen molar-refractivity contribution in [2.75, 3.05) is 18.0 Å². The summed E-state index contributed by atoms with van der Waals surface area (Å²) >= 11 is 0. The predicted octanol–water partition coefficient (Wildman–Crippen LogP) is 2.65. The van der Waals surface area contributed by atoms with Crippen LogP contribution in [0.4, 0.5) is 10.4 Å². The molecule has 0 saturated carbocycles. The Hall–Kier alpha value is -2.44. The number of rotatable bonds is 2. The Morgan fingerprint density at radius 3 is 3.05 bits per heavy atom. The van der Waals surface area contributed by atoms with Crippen LogP contribution < -0.4 is 4.90 Å². The monoisotopic (exact) mass is 288 g/mol. The van der Waals surface area contributed by atoms with Gasteiger partial charge in [0.05, 0.1) is 5.92 Å². The van der Waals surface area contributed by atoms with Crippen LogP contribution in [0.25, 0.3) is 11.1 Å². The van der Waals surface area contributed by atoms with Crippen molar-refractivity contribution in [1.29, 1.82) is 0 Å². The molecule has 3 aromatic rings. The van der Waals surface area contributed by atoms with Gasteiger partial charge in [-0.15, -0.1) is 0 Å². The molecule has 1 fully saturated rings. The van der Waals surface area contributed by atoms with Crippen LogP contribution in [-0.2, 0) is 0 Å². The Balaban J connectivity index is 1.59. The molecule has 0 amide bonds. The Labute approximate surface area is 119 Å². The largest absolute Gasteiger partial charge is 0.423 e. The van der Waals surface area contributed by atoms with Crippen LogP contribution in [0, 0.1) is 12.7 Å². The van der Waals surface area contributed by atoms with E-state index in [1.165, 1.54) is 12.1 Å². The van der Waals surface area contributed by atoms with Gasteiger partial charge in [0.1, 0.15) is 11.3 Å². The number of anilines is 1. The standard InChI is InChI=1S/C14H13FN4O2/c1-8-16-13(21-18-8)9-4-5-19(7-9)14-17-11-6-10(15)2-3-12(11)20-14/h2-3,6,9H,4-5,7H2,1H3. The van der Waals surface area contributed by atoms with Crippen LogP contribution >= 0.6 is 0 Å². The molecule has 7 heteroatoms. The molecule has 1 unspecified atom stereocenters. The molecule has 0 N–H and O–H groups in total. The normalized spacial score (nSPS) is 18.8. The fourth-order valence-corrected chi connectivity index (χ4v) is 2.64. The molecule has 108 valence electrons. The number of halogens is 1. The Morgan fingerprint density at radius 1 is 1.33 bits per heavy atom. The summed E-state index contributed by atoms with van der Waals surface area (Å²) < 4.78 is 24.1. The number of aromatic nitrogens is 3. The van der Waals surface area contributed by atoms with Crippen molar-refractivity contribution in [2.45, 2.75) is 19.3 Å². The Kier molecular flexibility index (Phi) is 2.66. The van der Waals surface area contributed by atoms with E-state index in [-0.39, 0.29) is 11.7 Å². The van der Waals surface area contributed by atoms with Gasteiger partial charge in [0.2, 0.25) is 5.89 Å². The molecular formula is C14H13FN4O2. The van der Waals surface area contributed by atoms with E-state index >= 15 is 0 Å². The highest BCUT2D eigenvalue weighted by Crippen LogP contribution is 2.31. The molecule has 1 saturated heterocycles. The van der Waals surface area contributed by atoms with Gasteiger partial charge in [-0.3, -0.25) is 0 Å². The molecule has 21 heavy (non-hydrogen) atoms. The fourth-order valence-electron chi connectivity index (χ4n) is 2.64. The molecule has 1 aliphatic heterocycles. The van der Waals surface area contributed by atoms with Gasteiger partial charge in [0.25, 0.3) is 6.01 Å². The second-order valence-corrected chi connectivity index (χ2v) is 5.22. The lowest BCUT2D eigenvalue weighted by Crippen LogP contribution is -2.19. The highest BCUT2D eigenvalue weighted by atomic mass is 19.1. The molecule has 1 atom stereocenters. The summed E-state index contributed by atoms with van der Waals surface area (Å²) in [6.07, 6.45) is 0.898. The van der Waals surface area contributed by atoms with Crippen LogP contribution in [0.1, 0.15) is 24.1 Å². The summed E-state index contributed by atoms with van der Waals surface area (Å²) in [6, 6.07) is 4.84. The molecule has 0 radical (unpaired) electrons. The SMILES string of the molecule is Cc1noc(C2CCN(c3nc4cc(F)ccc4o3)C2)n1. The molecule has 1 aromatic carbocycles. The highest BCUT2D eigenvalue weighted by Gasteiger charge is 2.30. The molecule has 3 heterocycles. The average Bonchev–Trinajstić information content (AvgIpc) is 3.14. The number of benzene rings is 1. The third kappa shape index (κ3) is 2.14. The number of fused-ring (bicyclic) bond motifs is 1. The predicted molar refractivity (Wildman–Crippen MR) is 72.6 cm³/mol. The average molecular weight is 288 g/mol. The summed E-state index contributed by atoms with van der Waals surface area (Å²) in [6.45, 7) is 3.30. The molecule has 0 bridgehead atoms. The lowest BCUT2D eigenvalue weighted by atomic mass is 10.1. The minimum Gasteiger partial charge on any atom is -0.423 e. The third-order valence-corrected chi connectivity index (χ3v) is 3.69. The second-order valence-electron chi connectivity index (χ2n) is 5.22. The van der Waals surface area contributed by atoms with E-state index in [4.69, 9.17) is 8.94 Å². The quantitative estimate of drug-likeness (QED) is 0.722. The Bertz CT molecular complexity index is 797. The fraction of sp³-hybridized carbons (Fsp3) is 0.357. The van der Waals surface area contributed by atoms with Gasteiger partial charge < -0.3 is 13.8 Å². The van der Waals surface area contributed by atoms with E-state index in [1.54, 1.807) is 13.0 Å². The van der Waals surface area contributed by atoms with Gasteiger partial charge in [-0.2, -0.15) is 9.97 Å². The number of hydrogen-bond acceptors (Lipinski definition) is 6. The number of aryl methyl sites for hydroxylation is 1. The molecule has 2 aromatic heterocycles. The summed E-state index contributed by atoms with van der Waals surface area (Å²) in [7, 11) is 0. The topological polar surface area (TPSA) is 68.2 Å². The van der Waals surface area contributed by atoms with E-state index in [9.17, 15) is 4.39 Å². The zero-order valence-corrected chi connectivity index (χ0v) is 11.4.